The van der Waals surface area contributed by atoms with Gasteiger partial charge in [0, 0.05) is 46.7 Å². The number of aromatic amines is 2. The molecule has 6 N–H and O–H groups in total. The van der Waals surface area contributed by atoms with Gasteiger partial charge in [-0.2, -0.15) is 0 Å². The van der Waals surface area contributed by atoms with Crippen molar-refractivity contribution in [3.8, 4) is 11.4 Å². The summed E-state index contributed by atoms with van der Waals surface area (Å²) in [6.45, 7) is 11.7. The second-order valence-electron chi connectivity index (χ2n) is 21.7. The Bertz CT molecular complexity index is 2520. The molecule has 0 radical (unpaired) electrons. The van der Waals surface area contributed by atoms with Crippen LogP contribution in [0.3, 0.4) is 0 Å². The van der Waals surface area contributed by atoms with Gasteiger partial charge in [-0.05, 0) is 114 Å². The van der Waals surface area contributed by atoms with Crippen molar-refractivity contribution in [2.75, 3.05) is 40.4 Å². The Morgan fingerprint density at radius 3 is 1.31 bits per heavy atom. The molecule has 18 nitrogen and oxygen atoms in total. The average molecular weight is 1120 g/mol. The van der Waals surface area contributed by atoms with Gasteiger partial charge in [0.05, 0.1) is 49.8 Å². The number of carbonyl (C=O) groups excluding carboxylic acids is 6. The van der Waals surface area contributed by atoms with Crippen molar-refractivity contribution in [1.82, 2.24) is 41.0 Å². The largest absolute Gasteiger partial charge is 0.508 e. The van der Waals surface area contributed by atoms with E-state index < -0.39 is 72.4 Å². The van der Waals surface area contributed by atoms with E-state index in [-0.39, 0.29) is 88.5 Å². The van der Waals surface area contributed by atoms with Gasteiger partial charge in [-0.15, -0.1) is 0 Å². The third-order valence-electron chi connectivity index (χ3n) is 15.8. The monoisotopic (exact) mass is 1120 g/mol. The molecule has 4 heterocycles. The molecule has 2 saturated heterocycles. The Labute approximate surface area is 470 Å². The van der Waals surface area contributed by atoms with Gasteiger partial charge in [-0.25, -0.2) is 18.4 Å². The van der Waals surface area contributed by atoms with Gasteiger partial charge in [-0.1, -0.05) is 91.9 Å². The highest BCUT2D eigenvalue weighted by Crippen LogP contribution is 2.40. The van der Waals surface area contributed by atoms with Crippen molar-refractivity contribution in [3.05, 3.63) is 59.2 Å². The molecule has 20 heteroatoms. The van der Waals surface area contributed by atoms with Crippen molar-refractivity contribution < 1.29 is 56.5 Å². The quantitative estimate of drug-likeness (QED) is 0.0205. The number of nitrogens with zero attached hydrogens (tertiary/aromatic N) is 2. The lowest BCUT2D eigenvalue weighted by atomic mass is 9.94. The summed E-state index contributed by atoms with van der Waals surface area (Å²) in [4.78, 5) is 92.6. The number of halogens is 2. The van der Waals surface area contributed by atoms with Gasteiger partial charge in [-0.3, -0.25) is 19.2 Å². The van der Waals surface area contributed by atoms with E-state index in [1.165, 1.54) is 24.3 Å². The molecule has 4 amide bonds. The second-order valence-corrected chi connectivity index (χ2v) is 21.7. The summed E-state index contributed by atoms with van der Waals surface area (Å²) in [7, 11) is 3.30. The Morgan fingerprint density at radius 2 is 0.950 bits per heavy atom. The number of rotatable bonds is 31. The molecule has 0 aliphatic carbocycles. The van der Waals surface area contributed by atoms with Crippen LogP contribution in [0.2, 0.25) is 0 Å². The maximum atomic E-state index is 15.3. The summed E-state index contributed by atoms with van der Waals surface area (Å²) in [5.41, 5.74) is 3.24. The van der Waals surface area contributed by atoms with Gasteiger partial charge >= 0.3 is 12.3 Å². The Hall–Kier alpha value is -6.28. The van der Waals surface area contributed by atoms with Gasteiger partial charge < -0.3 is 60.0 Å². The molecule has 0 saturated carbocycles. The molecule has 8 atom stereocenters. The highest BCUT2D eigenvalue weighted by atomic mass is 19.1. The number of likely N-dealkylation sites (N-methyl/N-ethyl adjacent to an activating group) is 2. The minimum absolute atomic E-state index is 0.0151. The van der Waals surface area contributed by atoms with Gasteiger partial charge in [0.1, 0.15) is 35.9 Å². The van der Waals surface area contributed by atoms with Crippen LogP contribution in [-0.2, 0) is 51.0 Å². The molecule has 80 heavy (non-hydrogen) atoms. The lowest BCUT2D eigenvalue weighted by molar-refractivity contribution is -0.138. The molecular weight excluding hydrogens is 1030 g/mol. The number of hydrogen-bond acceptors (Lipinski definition) is 12. The third-order valence-corrected chi connectivity index (χ3v) is 15.8. The average Bonchev–Trinajstić information content (AvgIpc) is 4.23. The lowest BCUT2D eigenvalue weighted by Gasteiger charge is -2.30. The fraction of sp³-hybridized carbons (Fsp3) is 0.633. The molecular formula is C60H88F2N8O10. The summed E-state index contributed by atoms with van der Waals surface area (Å²) >= 11 is 0. The zero-order valence-corrected chi connectivity index (χ0v) is 48.4. The molecule has 6 rings (SSSR count). The fourth-order valence-electron chi connectivity index (χ4n) is 11.0. The number of hydrogen-bond donors (Lipinski definition) is 6. The molecule has 0 bridgehead atoms. The summed E-state index contributed by atoms with van der Waals surface area (Å²) in [5.74, 6) is -2.47. The van der Waals surface area contributed by atoms with Gasteiger partial charge in [0.25, 0.3) is 0 Å². The standard InChI is InChI=1S/C60H88F2N8O10/c1-9-13-15-17-19-21-27-77-59(75)79-43-31-41(69(35-43)57(73)49(11-3)67-55(71)37(5)63-7)33-47-45-25-23-39(61)29-51(45)65-53(47)54-48(46-26-24-40(62)30-52(46)66-54)34-42-32-44(80-60(76)78-28-22-20-18-16-14-10-2)36-70(42)58(74)50(12-4)68-56(72)38(6)64-8/h23-26,29-30,37-38,41-44,49-50,63-66H,9-22,27-28,31-36H2,1-8H3,(H,67,71)(H,68,72)/t37-,38-,41-,42-,43-,44-,49-,50?/m0/s1. The maximum absolute atomic E-state index is 15.3. The van der Waals surface area contributed by atoms with Gasteiger partial charge in [0.2, 0.25) is 23.6 Å². The van der Waals surface area contributed by atoms with E-state index in [4.69, 9.17) is 18.9 Å². The molecule has 442 valence electrons. The van der Waals surface area contributed by atoms with Crippen molar-refractivity contribution in [2.45, 2.75) is 206 Å². The fourth-order valence-corrected chi connectivity index (χ4v) is 11.0. The van der Waals surface area contributed by atoms with Crippen LogP contribution >= 0.6 is 0 Å². The van der Waals surface area contributed by atoms with Crippen molar-refractivity contribution >= 4 is 57.7 Å². The van der Waals surface area contributed by atoms with E-state index in [2.05, 4.69) is 45.1 Å². The first kappa shape index (κ1) is 62.9. The van der Waals surface area contributed by atoms with Gasteiger partial charge in [0.15, 0.2) is 0 Å². The predicted molar refractivity (Wildman–Crippen MR) is 304 cm³/mol. The zero-order valence-electron chi connectivity index (χ0n) is 48.4. The molecule has 2 aliphatic rings. The van der Waals surface area contributed by atoms with Crippen LogP contribution in [0.15, 0.2) is 36.4 Å². The van der Waals surface area contributed by atoms with Crippen LogP contribution in [-0.4, -0.2) is 145 Å². The van der Waals surface area contributed by atoms with Crippen molar-refractivity contribution in [1.29, 1.82) is 0 Å². The lowest BCUT2D eigenvalue weighted by Crippen LogP contribution is -2.53. The Morgan fingerprint density at radius 1 is 0.575 bits per heavy atom. The Balaban J connectivity index is 1.37. The minimum Gasteiger partial charge on any atom is -0.434 e. The predicted octanol–water partition coefficient (Wildman–Crippen LogP) is 9.65. The van der Waals surface area contributed by atoms with Crippen molar-refractivity contribution in [3.63, 3.8) is 0 Å². The molecule has 2 fully saturated rings. The summed E-state index contributed by atoms with van der Waals surface area (Å²) in [6, 6.07) is 4.53. The zero-order chi connectivity index (χ0) is 57.9. The molecule has 4 aromatic rings. The number of amides is 4. The summed E-state index contributed by atoms with van der Waals surface area (Å²) < 4.78 is 53.4. The van der Waals surface area contributed by atoms with E-state index in [1.54, 1.807) is 63.7 Å². The molecule has 2 aromatic carbocycles. The van der Waals surface area contributed by atoms with Crippen LogP contribution in [0.1, 0.15) is 155 Å². The van der Waals surface area contributed by atoms with Crippen molar-refractivity contribution in [2.24, 2.45) is 0 Å². The van der Waals surface area contributed by atoms with E-state index >= 15 is 8.78 Å². The number of nitrogens with one attached hydrogen (secondary N) is 6. The van der Waals surface area contributed by atoms with Crippen LogP contribution in [0.25, 0.3) is 33.2 Å². The number of unbranched alkanes of at least 4 members (excludes halogenated alkanes) is 10. The molecule has 2 aromatic heterocycles. The topological polar surface area (TPSA) is 226 Å². The second kappa shape index (κ2) is 31.1. The molecule has 1 unspecified atom stereocenters. The SMILES string of the molecule is CCCCCCCCOC(=O)O[C@H]1C[C@@H](Cc2c(-c3[nH]c4cc(F)ccc4c3C[C@@H]3C[C@H](OC(=O)OCCCCCCCC)CN3C(=O)[C@H](CC)NC(=O)[C@H](C)NC)[nH]c3cc(F)ccc23)N(C(=O)C(CC)NC(=O)[C@H](C)NC)C1. The first-order chi connectivity index (χ1) is 38.5. The van der Waals surface area contributed by atoms with Crippen LogP contribution in [0.5, 0.6) is 0 Å². The maximum Gasteiger partial charge on any atom is 0.508 e. The highest BCUT2D eigenvalue weighted by Gasteiger charge is 2.43. The third kappa shape index (κ3) is 16.9. The Kier molecular flexibility index (Phi) is 24.4. The van der Waals surface area contributed by atoms with E-state index in [9.17, 15) is 28.8 Å². The summed E-state index contributed by atoms with van der Waals surface area (Å²) in [5, 5.41) is 12.9. The van der Waals surface area contributed by atoms with E-state index in [1.807, 2.05) is 0 Å². The highest BCUT2D eigenvalue weighted by molar-refractivity contribution is 5.97. The van der Waals surface area contributed by atoms with E-state index in [0.717, 1.165) is 64.2 Å². The van der Waals surface area contributed by atoms with Crippen LogP contribution < -0.4 is 21.3 Å². The van der Waals surface area contributed by atoms with E-state index in [0.29, 0.717) is 57.2 Å². The minimum atomic E-state index is -0.912. The molecule has 2 aliphatic heterocycles. The number of likely N-dealkylation sites (tertiary alicyclic amines) is 2. The number of H-pyrrole nitrogens is 2. The first-order valence-corrected chi connectivity index (χ1v) is 29.4. The number of ether oxygens (including phenoxy) is 4. The van der Waals surface area contributed by atoms with Crippen LogP contribution in [0, 0.1) is 11.6 Å². The smallest absolute Gasteiger partial charge is 0.434 e. The summed E-state index contributed by atoms with van der Waals surface area (Å²) in [6.07, 6.45) is 10.1. The molecule has 0 spiro atoms. The number of carbonyl (C=O) groups is 6. The first-order valence-electron chi connectivity index (χ1n) is 29.4. The normalized spacial score (nSPS) is 18.7. The number of benzene rings is 2. The number of fused-ring (bicyclic) bond motifs is 2. The number of aromatic nitrogens is 2. The van der Waals surface area contributed by atoms with Crippen LogP contribution in [0.4, 0.5) is 18.4 Å².